The van der Waals surface area contributed by atoms with Crippen molar-refractivity contribution in [3.8, 4) is 11.8 Å². The highest BCUT2D eigenvalue weighted by molar-refractivity contribution is 5.94. The molecule has 1 aliphatic heterocycles. The Morgan fingerprint density at radius 2 is 2.21 bits per heavy atom. The van der Waals surface area contributed by atoms with Crippen LogP contribution in [-0.4, -0.2) is 53.1 Å². The number of carbonyl (C=O) groups excluding carboxylic acids is 1. The molecule has 9 heteroatoms. The lowest BCUT2D eigenvalue weighted by Crippen LogP contribution is -2.52. The number of nitrogens with two attached hydrogens (primary N) is 1. The number of amides is 1. The van der Waals surface area contributed by atoms with Crippen molar-refractivity contribution >= 4 is 22.8 Å². The molecular formula is C20H21N7O2. The standard InChI is InChI=1S/C20H21N7O2/c1-29-15-4-2-13(3-5-15)19(28)24-10-20(22)6-7-27(11-20)18-16-14(8-21)9-23-17(16)25-12-26-18/h2-5,9,12H,6-7,10-11,22H2,1H3,(H,24,28)(H,23,25,26)/t20-/m0/s1. The van der Waals surface area contributed by atoms with Crippen LogP contribution in [0.2, 0.25) is 0 Å². The van der Waals surface area contributed by atoms with Crippen molar-refractivity contribution in [3.63, 3.8) is 0 Å². The Balaban J connectivity index is 1.45. The molecule has 1 aliphatic rings. The topological polar surface area (TPSA) is 133 Å². The summed E-state index contributed by atoms with van der Waals surface area (Å²) in [5.74, 6) is 1.19. The second-order valence-corrected chi connectivity index (χ2v) is 7.18. The van der Waals surface area contributed by atoms with E-state index in [0.29, 0.717) is 59.8 Å². The third-order valence-corrected chi connectivity index (χ3v) is 5.21. The van der Waals surface area contributed by atoms with Crippen molar-refractivity contribution in [1.29, 1.82) is 5.26 Å². The van der Waals surface area contributed by atoms with Gasteiger partial charge in [-0.2, -0.15) is 5.26 Å². The molecule has 4 rings (SSSR count). The average Bonchev–Trinajstić information content (AvgIpc) is 3.36. The van der Waals surface area contributed by atoms with Crippen molar-refractivity contribution in [2.24, 2.45) is 5.73 Å². The average molecular weight is 391 g/mol. The number of fused-ring (bicyclic) bond motifs is 1. The molecule has 1 saturated heterocycles. The van der Waals surface area contributed by atoms with Gasteiger partial charge in [0.05, 0.1) is 23.6 Å². The molecule has 0 bridgehead atoms. The number of methoxy groups -OCH3 is 1. The van der Waals surface area contributed by atoms with Crippen LogP contribution >= 0.6 is 0 Å². The highest BCUT2D eigenvalue weighted by atomic mass is 16.5. The molecule has 1 atom stereocenters. The monoisotopic (exact) mass is 391 g/mol. The van der Waals surface area contributed by atoms with E-state index in [4.69, 9.17) is 10.5 Å². The summed E-state index contributed by atoms with van der Waals surface area (Å²) in [6.07, 6.45) is 3.79. The summed E-state index contributed by atoms with van der Waals surface area (Å²) in [5.41, 5.74) is 7.63. The Morgan fingerprint density at radius 3 is 2.93 bits per heavy atom. The van der Waals surface area contributed by atoms with Gasteiger partial charge < -0.3 is 25.7 Å². The predicted molar refractivity (Wildman–Crippen MR) is 108 cm³/mol. The van der Waals surface area contributed by atoms with E-state index in [9.17, 15) is 10.1 Å². The molecule has 0 aliphatic carbocycles. The zero-order chi connectivity index (χ0) is 20.4. The minimum absolute atomic E-state index is 0.183. The van der Waals surface area contributed by atoms with Crippen LogP contribution < -0.4 is 20.7 Å². The Labute approximate surface area is 167 Å². The van der Waals surface area contributed by atoms with E-state index in [1.165, 1.54) is 6.33 Å². The fourth-order valence-electron chi connectivity index (χ4n) is 3.60. The lowest BCUT2D eigenvalue weighted by atomic mass is 10.00. The number of nitrogens with one attached hydrogen (secondary N) is 2. The Hall–Kier alpha value is -3.64. The SMILES string of the molecule is COc1ccc(C(=O)NC[C@@]2(N)CCN(c3ncnc4[nH]cc(C#N)c34)C2)cc1. The van der Waals surface area contributed by atoms with Gasteiger partial charge in [0.1, 0.15) is 29.6 Å². The summed E-state index contributed by atoms with van der Waals surface area (Å²) in [6.45, 7) is 1.52. The fourth-order valence-corrected chi connectivity index (χ4v) is 3.60. The largest absolute Gasteiger partial charge is 0.497 e. The van der Waals surface area contributed by atoms with E-state index in [1.807, 2.05) is 4.90 Å². The van der Waals surface area contributed by atoms with Crippen molar-refractivity contribution in [1.82, 2.24) is 20.3 Å². The number of nitriles is 1. The summed E-state index contributed by atoms with van der Waals surface area (Å²) in [5, 5.41) is 13.0. The summed E-state index contributed by atoms with van der Waals surface area (Å²) >= 11 is 0. The Morgan fingerprint density at radius 1 is 1.41 bits per heavy atom. The number of hydrogen-bond acceptors (Lipinski definition) is 7. The molecule has 3 heterocycles. The minimum Gasteiger partial charge on any atom is -0.497 e. The van der Waals surface area contributed by atoms with E-state index in [1.54, 1.807) is 37.6 Å². The first-order chi connectivity index (χ1) is 14.0. The fraction of sp³-hybridized carbons (Fsp3) is 0.300. The third kappa shape index (κ3) is 3.58. The maximum absolute atomic E-state index is 12.4. The summed E-state index contributed by atoms with van der Waals surface area (Å²) in [6, 6.07) is 9.08. The quantitative estimate of drug-likeness (QED) is 0.595. The zero-order valence-electron chi connectivity index (χ0n) is 16.0. The van der Waals surface area contributed by atoms with Gasteiger partial charge in [-0.05, 0) is 30.7 Å². The van der Waals surface area contributed by atoms with E-state index in [-0.39, 0.29) is 5.91 Å². The van der Waals surface area contributed by atoms with Gasteiger partial charge in [-0.1, -0.05) is 0 Å². The van der Waals surface area contributed by atoms with Gasteiger partial charge in [0.15, 0.2) is 0 Å². The second kappa shape index (κ2) is 7.41. The van der Waals surface area contributed by atoms with E-state index >= 15 is 0 Å². The van der Waals surface area contributed by atoms with E-state index in [0.717, 1.165) is 0 Å². The van der Waals surface area contributed by atoms with Gasteiger partial charge in [0, 0.05) is 31.4 Å². The lowest BCUT2D eigenvalue weighted by Gasteiger charge is -2.25. The van der Waals surface area contributed by atoms with Crippen LogP contribution in [0, 0.1) is 11.3 Å². The number of aromatic nitrogens is 3. The lowest BCUT2D eigenvalue weighted by molar-refractivity contribution is 0.0945. The van der Waals surface area contributed by atoms with Crippen molar-refractivity contribution in [2.45, 2.75) is 12.0 Å². The highest BCUT2D eigenvalue weighted by Gasteiger charge is 2.36. The number of carbonyl (C=O) groups is 1. The van der Waals surface area contributed by atoms with Gasteiger partial charge in [0.25, 0.3) is 5.91 Å². The van der Waals surface area contributed by atoms with Crippen molar-refractivity contribution in [3.05, 3.63) is 47.9 Å². The molecule has 2 aromatic heterocycles. The van der Waals surface area contributed by atoms with Gasteiger partial charge in [-0.3, -0.25) is 4.79 Å². The highest BCUT2D eigenvalue weighted by Crippen LogP contribution is 2.30. The molecule has 0 saturated carbocycles. The number of ether oxygens (including phenoxy) is 1. The first kappa shape index (κ1) is 18.7. The number of H-pyrrole nitrogens is 1. The van der Waals surface area contributed by atoms with Crippen LogP contribution in [0.5, 0.6) is 5.75 Å². The number of anilines is 1. The molecule has 0 radical (unpaired) electrons. The molecular weight excluding hydrogens is 370 g/mol. The zero-order valence-corrected chi connectivity index (χ0v) is 16.0. The second-order valence-electron chi connectivity index (χ2n) is 7.18. The number of benzene rings is 1. The molecule has 3 aromatic rings. The van der Waals surface area contributed by atoms with Crippen LogP contribution in [0.25, 0.3) is 11.0 Å². The number of aromatic amines is 1. The van der Waals surface area contributed by atoms with Gasteiger partial charge >= 0.3 is 0 Å². The van der Waals surface area contributed by atoms with Gasteiger partial charge in [-0.15, -0.1) is 0 Å². The van der Waals surface area contributed by atoms with Crippen LogP contribution in [0.15, 0.2) is 36.8 Å². The summed E-state index contributed by atoms with van der Waals surface area (Å²) < 4.78 is 5.11. The maximum Gasteiger partial charge on any atom is 0.251 e. The molecule has 0 unspecified atom stereocenters. The minimum atomic E-state index is -0.595. The summed E-state index contributed by atoms with van der Waals surface area (Å²) in [4.78, 5) is 26.0. The molecule has 1 fully saturated rings. The summed E-state index contributed by atoms with van der Waals surface area (Å²) in [7, 11) is 1.58. The molecule has 9 nitrogen and oxygen atoms in total. The Bertz CT molecular complexity index is 1090. The number of hydrogen-bond donors (Lipinski definition) is 3. The van der Waals surface area contributed by atoms with Crippen LogP contribution in [0.3, 0.4) is 0 Å². The van der Waals surface area contributed by atoms with E-state index < -0.39 is 5.54 Å². The van der Waals surface area contributed by atoms with E-state index in [2.05, 4.69) is 26.3 Å². The van der Waals surface area contributed by atoms with Gasteiger partial charge in [-0.25, -0.2) is 9.97 Å². The molecule has 1 aromatic carbocycles. The molecule has 0 spiro atoms. The first-order valence-electron chi connectivity index (χ1n) is 9.21. The molecule has 29 heavy (non-hydrogen) atoms. The molecule has 148 valence electrons. The first-order valence-corrected chi connectivity index (χ1v) is 9.21. The molecule has 1 amide bonds. The normalized spacial score (nSPS) is 18.6. The van der Waals surface area contributed by atoms with Gasteiger partial charge in [0.2, 0.25) is 0 Å². The third-order valence-electron chi connectivity index (χ3n) is 5.21. The molecule has 4 N–H and O–H groups in total. The van der Waals surface area contributed by atoms with Crippen LogP contribution in [-0.2, 0) is 0 Å². The number of rotatable bonds is 5. The predicted octanol–water partition coefficient (Wildman–Crippen LogP) is 1.18. The Kier molecular flexibility index (Phi) is 4.78. The van der Waals surface area contributed by atoms with Crippen molar-refractivity contribution in [2.75, 3.05) is 31.6 Å². The smallest absolute Gasteiger partial charge is 0.251 e. The van der Waals surface area contributed by atoms with Crippen LogP contribution in [0.4, 0.5) is 5.82 Å². The van der Waals surface area contributed by atoms with Crippen molar-refractivity contribution < 1.29 is 9.53 Å². The maximum atomic E-state index is 12.4. The number of nitrogens with zero attached hydrogens (tertiary/aromatic N) is 4. The van der Waals surface area contributed by atoms with Crippen LogP contribution in [0.1, 0.15) is 22.3 Å².